The Labute approximate surface area is 113 Å². The van der Waals surface area contributed by atoms with Crippen molar-refractivity contribution in [2.45, 2.75) is 38.3 Å². The maximum absolute atomic E-state index is 10.9. The first-order valence-corrected chi connectivity index (χ1v) is 7.09. The van der Waals surface area contributed by atoms with Gasteiger partial charge >= 0.3 is 0 Å². The number of aryl methyl sites for hydroxylation is 1. The van der Waals surface area contributed by atoms with Gasteiger partial charge in [-0.1, -0.05) is 25.1 Å². The molecule has 0 saturated heterocycles. The van der Waals surface area contributed by atoms with E-state index in [0.717, 1.165) is 54.4 Å². The summed E-state index contributed by atoms with van der Waals surface area (Å²) in [6.45, 7) is 2.93. The zero-order chi connectivity index (χ0) is 13.3. The molecule has 0 spiro atoms. The predicted molar refractivity (Wildman–Crippen MR) is 76.9 cm³/mol. The summed E-state index contributed by atoms with van der Waals surface area (Å²) in [7, 11) is 0. The number of para-hydroxylation sites is 1. The molecule has 3 rings (SSSR count). The smallest absolute Gasteiger partial charge is 0.143 e. The molecule has 1 aromatic heterocycles. The van der Waals surface area contributed by atoms with Gasteiger partial charge in [0.05, 0.1) is 5.52 Å². The average molecular weight is 256 g/mol. The summed E-state index contributed by atoms with van der Waals surface area (Å²) in [6, 6.07) is 10.2. The molecule has 0 radical (unpaired) electrons. The molecule has 3 heteroatoms. The molecule has 1 atom stereocenters. The van der Waals surface area contributed by atoms with E-state index in [1.165, 1.54) is 0 Å². The lowest BCUT2D eigenvalue weighted by atomic mass is 9.87. The van der Waals surface area contributed by atoms with Crippen LogP contribution in [0.4, 0.5) is 0 Å². The summed E-state index contributed by atoms with van der Waals surface area (Å²) >= 11 is 0. The van der Waals surface area contributed by atoms with Crippen molar-refractivity contribution in [2.24, 2.45) is 0 Å². The molecule has 1 heterocycles. The molecule has 100 valence electrons. The minimum Gasteiger partial charge on any atom is -0.371 e. The maximum atomic E-state index is 10.9. The fraction of sp³-hybridized carbons (Fsp3) is 0.438. The van der Waals surface area contributed by atoms with Gasteiger partial charge in [-0.2, -0.15) is 0 Å². The van der Waals surface area contributed by atoms with Gasteiger partial charge in [-0.3, -0.25) is 10.3 Å². The van der Waals surface area contributed by atoms with E-state index in [-0.39, 0.29) is 0 Å². The number of hydrogen-bond acceptors (Lipinski definition) is 3. The van der Waals surface area contributed by atoms with Crippen molar-refractivity contribution in [1.29, 1.82) is 0 Å². The predicted octanol–water partition coefficient (Wildman–Crippen LogP) is 2.72. The van der Waals surface area contributed by atoms with Crippen LogP contribution in [0.3, 0.4) is 0 Å². The standard InChI is InChI=1S/C16H20N2O/c1-2-10-17-16(19)9-5-8-15-13(16)11-12-6-3-4-7-14(12)18-15/h3-4,6-7,11,17,19H,2,5,8-10H2,1H3. The van der Waals surface area contributed by atoms with Crippen LogP contribution < -0.4 is 5.32 Å². The first kappa shape index (κ1) is 12.6. The van der Waals surface area contributed by atoms with E-state index in [2.05, 4.69) is 24.4 Å². The fourth-order valence-electron chi connectivity index (χ4n) is 2.87. The second kappa shape index (κ2) is 4.91. The average Bonchev–Trinajstić information content (AvgIpc) is 2.44. The van der Waals surface area contributed by atoms with E-state index in [0.29, 0.717) is 0 Å². The molecular weight excluding hydrogens is 236 g/mol. The van der Waals surface area contributed by atoms with E-state index in [9.17, 15) is 5.11 Å². The van der Waals surface area contributed by atoms with Crippen molar-refractivity contribution in [3.63, 3.8) is 0 Å². The van der Waals surface area contributed by atoms with E-state index in [1.807, 2.05) is 18.2 Å². The van der Waals surface area contributed by atoms with E-state index in [4.69, 9.17) is 4.98 Å². The molecule has 1 unspecified atom stereocenters. The zero-order valence-corrected chi connectivity index (χ0v) is 11.3. The number of aromatic nitrogens is 1. The highest BCUT2D eigenvalue weighted by Crippen LogP contribution is 2.34. The van der Waals surface area contributed by atoms with Gasteiger partial charge in [0.25, 0.3) is 0 Å². The van der Waals surface area contributed by atoms with Crippen LogP contribution in [0.25, 0.3) is 10.9 Å². The van der Waals surface area contributed by atoms with Crippen LogP contribution in [-0.2, 0) is 12.1 Å². The molecule has 1 aliphatic rings. The highest BCUT2D eigenvalue weighted by molar-refractivity contribution is 5.79. The largest absolute Gasteiger partial charge is 0.371 e. The number of nitrogens with zero attached hydrogens (tertiary/aromatic N) is 1. The molecule has 19 heavy (non-hydrogen) atoms. The number of aliphatic hydroxyl groups is 1. The summed E-state index contributed by atoms with van der Waals surface area (Å²) in [5.74, 6) is 0. The number of fused-ring (bicyclic) bond motifs is 2. The van der Waals surface area contributed by atoms with Crippen LogP contribution in [0.15, 0.2) is 30.3 Å². The SMILES string of the molecule is CCCNC1(O)CCCc2nc3ccccc3cc21. The molecule has 0 fully saturated rings. The zero-order valence-electron chi connectivity index (χ0n) is 11.3. The van der Waals surface area contributed by atoms with Gasteiger partial charge < -0.3 is 5.11 Å². The minimum atomic E-state index is -0.902. The molecule has 3 nitrogen and oxygen atoms in total. The summed E-state index contributed by atoms with van der Waals surface area (Å²) in [6.07, 6.45) is 3.71. The maximum Gasteiger partial charge on any atom is 0.143 e. The van der Waals surface area contributed by atoms with Crippen molar-refractivity contribution in [2.75, 3.05) is 6.54 Å². The van der Waals surface area contributed by atoms with E-state index >= 15 is 0 Å². The lowest BCUT2D eigenvalue weighted by molar-refractivity contribution is -0.0162. The monoisotopic (exact) mass is 256 g/mol. The fourth-order valence-corrected chi connectivity index (χ4v) is 2.87. The number of benzene rings is 1. The third kappa shape index (κ3) is 2.24. The van der Waals surface area contributed by atoms with Crippen molar-refractivity contribution in [3.8, 4) is 0 Å². The van der Waals surface area contributed by atoms with Gasteiger partial charge in [-0.15, -0.1) is 0 Å². The molecule has 0 saturated carbocycles. The Morgan fingerprint density at radius 2 is 2.21 bits per heavy atom. The van der Waals surface area contributed by atoms with Crippen LogP contribution in [0.1, 0.15) is 37.4 Å². The summed E-state index contributed by atoms with van der Waals surface area (Å²) in [5, 5.41) is 15.2. The molecule has 1 aliphatic carbocycles. The number of pyridine rings is 1. The lowest BCUT2D eigenvalue weighted by Gasteiger charge is -2.35. The third-order valence-corrected chi connectivity index (χ3v) is 3.87. The molecular formula is C16H20N2O. The van der Waals surface area contributed by atoms with Crippen molar-refractivity contribution >= 4 is 10.9 Å². The number of nitrogens with one attached hydrogen (secondary N) is 1. The highest BCUT2D eigenvalue weighted by Gasteiger charge is 2.34. The molecule has 2 N–H and O–H groups in total. The van der Waals surface area contributed by atoms with Gasteiger partial charge in [0.2, 0.25) is 0 Å². The first-order chi connectivity index (χ1) is 9.23. The van der Waals surface area contributed by atoms with Crippen molar-refractivity contribution < 1.29 is 5.11 Å². The second-order valence-corrected chi connectivity index (χ2v) is 5.32. The normalized spacial score (nSPS) is 22.4. The molecule has 2 aromatic rings. The lowest BCUT2D eigenvalue weighted by Crippen LogP contribution is -2.45. The van der Waals surface area contributed by atoms with Crippen molar-refractivity contribution in [3.05, 3.63) is 41.6 Å². The molecule has 0 aliphatic heterocycles. The molecule has 1 aromatic carbocycles. The molecule has 0 amide bonds. The summed E-state index contributed by atoms with van der Waals surface area (Å²) < 4.78 is 0. The minimum absolute atomic E-state index is 0.764. The Hall–Kier alpha value is -1.45. The number of rotatable bonds is 3. The second-order valence-electron chi connectivity index (χ2n) is 5.32. The Balaban J connectivity index is 2.10. The van der Waals surface area contributed by atoms with Crippen molar-refractivity contribution in [1.82, 2.24) is 10.3 Å². The van der Waals surface area contributed by atoms with Crippen LogP contribution in [-0.4, -0.2) is 16.6 Å². The Bertz CT molecular complexity index is 596. The van der Waals surface area contributed by atoms with Crippen LogP contribution in [0.2, 0.25) is 0 Å². The van der Waals surface area contributed by atoms with Gasteiger partial charge in [-0.05, 0) is 44.4 Å². The van der Waals surface area contributed by atoms with E-state index in [1.54, 1.807) is 0 Å². The Kier molecular flexibility index (Phi) is 3.25. The van der Waals surface area contributed by atoms with Gasteiger partial charge in [0.15, 0.2) is 0 Å². The van der Waals surface area contributed by atoms with Gasteiger partial charge in [0.1, 0.15) is 5.72 Å². The molecule has 0 bridgehead atoms. The first-order valence-electron chi connectivity index (χ1n) is 7.09. The van der Waals surface area contributed by atoms with Crippen LogP contribution in [0.5, 0.6) is 0 Å². The Morgan fingerprint density at radius 1 is 1.37 bits per heavy atom. The van der Waals surface area contributed by atoms with Gasteiger partial charge in [-0.25, -0.2) is 0 Å². The highest BCUT2D eigenvalue weighted by atomic mass is 16.3. The van der Waals surface area contributed by atoms with Crippen LogP contribution >= 0.6 is 0 Å². The van der Waals surface area contributed by atoms with Gasteiger partial charge in [0, 0.05) is 16.6 Å². The topological polar surface area (TPSA) is 45.1 Å². The van der Waals surface area contributed by atoms with E-state index < -0.39 is 5.72 Å². The quantitative estimate of drug-likeness (QED) is 0.830. The summed E-state index contributed by atoms with van der Waals surface area (Å²) in [5.41, 5.74) is 2.11. The third-order valence-electron chi connectivity index (χ3n) is 3.87. The number of hydrogen-bond donors (Lipinski definition) is 2. The Morgan fingerprint density at radius 3 is 3.05 bits per heavy atom. The van der Waals surface area contributed by atoms with Crippen LogP contribution in [0, 0.1) is 0 Å². The summed E-state index contributed by atoms with van der Waals surface area (Å²) in [4.78, 5) is 4.72.